The second kappa shape index (κ2) is 9.39. The summed E-state index contributed by atoms with van der Waals surface area (Å²) in [6, 6.07) is 18.5. The lowest BCUT2D eigenvalue weighted by atomic mass is 9.99. The highest BCUT2D eigenvalue weighted by molar-refractivity contribution is 7.99. The number of benzene rings is 2. The third-order valence-corrected chi connectivity index (χ3v) is 7.44. The van der Waals surface area contributed by atoms with Crippen molar-refractivity contribution in [3.05, 3.63) is 60.7 Å². The average molecular weight is 405 g/mol. The predicted molar refractivity (Wildman–Crippen MR) is 108 cm³/mol. The number of nitrogens with one attached hydrogen (secondary N) is 1. The molecule has 2 aromatic rings. The number of carbonyl (C=O) groups excluding carboxylic acids is 1. The van der Waals surface area contributed by atoms with Crippen LogP contribution < -0.4 is 5.32 Å². The topological polar surface area (TPSA) is 66.5 Å². The Balaban J connectivity index is 1.51. The molecular formula is C20H24N2O3S2. The third kappa shape index (κ3) is 5.34. The molecular weight excluding hydrogens is 380 g/mol. The molecule has 144 valence electrons. The van der Waals surface area contributed by atoms with E-state index in [1.54, 1.807) is 42.1 Å². The average Bonchev–Trinajstić information content (AvgIpc) is 2.72. The van der Waals surface area contributed by atoms with E-state index in [-0.39, 0.29) is 23.3 Å². The molecule has 2 aromatic carbocycles. The number of thioether (sulfide) groups is 1. The second-order valence-electron chi connectivity index (χ2n) is 6.47. The van der Waals surface area contributed by atoms with Gasteiger partial charge in [-0.25, -0.2) is 8.42 Å². The maximum absolute atomic E-state index is 12.8. The van der Waals surface area contributed by atoms with E-state index < -0.39 is 10.0 Å². The van der Waals surface area contributed by atoms with Gasteiger partial charge in [0.1, 0.15) is 0 Å². The quantitative estimate of drug-likeness (QED) is 0.569. The smallest absolute Gasteiger partial charge is 0.243 e. The summed E-state index contributed by atoms with van der Waals surface area (Å²) >= 11 is 1.69. The van der Waals surface area contributed by atoms with Crippen LogP contribution in [0.4, 0.5) is 0 Å². The van der Waals surface area contributed by atoms with Crippen molar-refractivity contribution in [1.29, 1.82) is 0 Å². The van der Waals surface area contributed by atoms with Crippen LogP contribution in [0.1, 0.15) is 12.8 Å². The number of amides is 1. The van der Waals surface area contributed by atoms with Crippen molar-refractivity contribution in [2.24, 2.45) is 5.92 Å². The minimum Gasteiger partial charge on any atom is -0.355 e. The minimum atomic E-state index is -3.54. The second-order valence-corrected chi connectivity index (χ2v) is 9.57. The largest absolute Gasteiger partial charge is 0.355 e. The maximum atomic E-state index is 12.8. The summed E-state index contributed by atoms with van der Waals surface area (Å²) in [5.74, 6) is 0.435. The predicted octanol–water partition coefficient (Wildman–Crippen LogP) is 3.00. The molecule has 0 aliphatic carbocycles. The van der Waals surface area contributed by atoms with Crippen LogP contribution in [0.2, 0.25) is 0 Å². The van der Waals surface area contributed by atoms with Crippen LogP contribution in [0.3, 0.4) is 0 Å². The molecule has 0 radical (unpaired) electrons. The summed E-state index contributed by atoms with van der Waals surface area (Å²) in [5.41, 5.74) is 0. The van der Waals surface area contributed by atoms with Crippen molar-refractivity contribution < 1.29 is 13.2 Å². The molecule has 1 heterocycles. The van der Waals surface area contributed by atoms with Crippen LogP contribution in [0, 0.1) is 5.92 Å². The van der Waals surface area contributed by atoms with Gasteiger partial charge in [0.2, 0.25) is 15.9 Å². The van der Waals surface area contributed by atoms with Crippen molar-refractivity contribution in [2.75, 3.05) is 25.4 Å². The summed E-state index contributed by atoms with van der Waals surface area (Å²) in [6.45, 7) is 1.28. The molecule has 3 rings (SSSR count). The Kier molecular flexibility index (Phi) is 6.93. The van der Waals surface area contributed by atoms with Crippen molar-refractivity contribution in [3.8, 4) is 0 Å². The first kappa shape index (κ1) is 19.9. The molecule has 0 saturated carbocycles. The van der Waals surface area contributed by atoms with Gasteiger partial charge in [0, 0.05) is 30.3 Å². The lowest BCUT2D eigenvalue weighted by Crippen LogP contribution is -2.45. The van der Waals surface area contributed by atoms with Gasteiger partial charge >= 0.3 is 0 Å². The molecule has 5 nitrogen and oxygen atoms in total. The molecule has 1 saturated heterocycles. The minimum absolute atomic E-state index is 0.0587. The van der Waals surface area contributed by atoms with Gasteiger partial charge in [-0.3, -0.25) is 4.79 Å². The molecule has 1 atom stereocenters. The number of carbonyl (C=O) groups is 1. The number of piperidine rings is 1. The number of sulfonamides is 1. The first-order chi connectivity index (χ1) is 13.1. The number of hydrogen-bond acceptors (Lipinski definition) is 4. The molecule has 0 aromatic heterocycles. The highest BCUT2D eigenvalue weighted by atomic mass is 32.2. The van der Waals surface area contributed by atoms with Crippen molar-refractivity contribution >= 4 is 27.7 Å². The third-order valence-electron chi connectivity index (χ3n) is 4.55. The van der Waals surface area contributed by atoms with Crippen LogP contribution in [0.5, 0.6) is 0 Å². The standard InChI is InChI=1S/C20H24N2O3S2/c23-20(21-13-15-26-18-9-3-1-4-10-18)17-8-7-14-22(16-17)27(24,25)19-11-5-2-6-12-19/h1-6,9-12,17H,7-8,13-16H2,(H,21,23)/t17-/m0/s1. The Morgan fingerprint density at radius 2 is 1.74 bits per heavy atom. The fourth-order valence-electron chi connectivity index (χ4n) is 3.12. The van der Waals surface area contributed by atoms with Gasteiger partial charge in [0.05, 0.1) is 10.8 Å². The van der Waals surface area contributed by atoms with E-state index in [0.717, 1.165) is 12.2 Å². The molecule has 1 N–H and O–H groups in total. The van der Waals surface area contributed by atoms with Gasteiger partial charge < -0.3 is 5.32 Å². The molecule has 0 spiro atoms. The Morgan fingerprint density at radius 1 is 1.07 bits per heavy atom. The van der Waals surface area contributed by atoms with E-state index in [2.05, 4.69) is 5.32 Å². The van der Waals surface area contributed by atoms with Gasteiger partial charge in [0.25, 0.3) is 0 Å². The molecule has 7 heteroatoms. The summed E-state index contributed by atoms with van der Waals surface area (Å²) in [5, 5.41) is 2.95. The van der Waals surface area contributed by atoms with E-state index in [1.165, 1.54) is 9.20 Å². The van der Waals surface area contributed by atoms with Crippen molar-refractivity contribution in [3.63, 3.8) is 0 Å². The Labute approximate surface area is 165 Å². The fraction of sp³-hybridized carbons (Fsp3) is 0.350. The van der Waals surface area contributed by atoms with E-state index in [4.69, 9.17) is 0 Å². The zero-order valence-corrected chi connectivity index (χ0v) is 16.7. The highest BCUT2D eigenvalue weighted by Gasteiger charge is 2.33. The number of rotatable bonds is 7. The van der Waals surface area contributed by atoms with E-state index in [9.17, 15) is 13.2 Å². The lowest BCUT2D eigenvalue weighted by molar-refractivity contribution is -0.125. The molecule has 1 aliphatic rings. The monoisotopic (exact) mass is 404 g/mol. The Hall–Kier alpha value is -1.83. The van der Waals surface area contributed by atoms with Crippen LogP contribution >= 0.6 is 11.8 Å². The molecule has 1 fully saturated rings. The van der Waals surface area contributed by atoms with Crippen molar-refractivity contribution in [2.45, 2.75) is 22.6 Å². The van der Waals surface area contributed by atoms with Crippen LogP contribution in [0.15, 0.2) is 70.5 Å². The normalized spacial score (nSPS) is 18.1. The molecule has 27 heavy (non-hydrogen) atoms. The van der Waals surface area contributed by atoms with E-state index in [0.29, 0.717) is 19.5 Å². The molecule has 1 aliphatic heterocycles. The maximum Gasteiger partial charge on any atom is 0.243 e. The molecule has 1 amide bonds. The first-order valence-corrected chi connectivity index (χ1v) is 11.5. The summed E-state index contributed by atoms with van der Waals surface area (Å²) in [6.07, 6.45) is 1.42. The highest BCUT2D eigenvalue weighted by Crippen LogP contribution is 2.24. The first-order valence-electron chi connectivity index (χ1n) is 9.08. The Morgan fingerprint density at radius 3 is 2.44 bits per heavy atom. The van der Waals surface area contributed by atoms with Gasteiger partial charge in [-0.05, 0) is 37.1 Å². The van der Waals surface area contributed by atoms with Gasteiger partial charge in [-0.1, -0.05) is 36.4 Å². The SMILES string of the molecule is O=C(NCCSc1ccccc1)[C@H]1CCCN(S(=O)(=O)c2ccccc2)C1. The zero-order valence-electron chi connectivity index (χ0n) is 15.1. The summed E-state index contributed by atoms with van der Waals surface area (Å²) in [4.78, 5) is 13.9. The van der Waals surface area contributed by atoms with Gasteiger partial charge in [-0.2, -0.15) is 4.31 Å². The fourth-order valence-corrected chi connectivity index (χ4v) is 5.45. The molecule has 0 bridgehead atoms. The summed E-state index contributed by atoms with van der Waals surface area (Å²) < 4.78 is 27.0. The summed E-state index contributed by atoms with van der Waals surface area (Å²) in [7, 11) is -3.54. The number of hydrogen-bond donors (Lipinski definition) is 1. The van der Waals surface area contributed by atoms with Crippen LogP contribution in [0.25, 0.3) is 0 Å². The van der Waals surface area contributed by atoms with Gasteiger partial charge in [0.15, 0.2) is 0 Å². The van der Waals surface area contributed by atoms with E-state index >= 15 is 0 Å². The Bertz CT molecular complexity index is 842. The molecule has 0 unspecified atom stereocenters. The zero-order chi connectivity index (χ0) is 19.1. The van der Waals surface area contributed by atoms with Gasteiger partial charge in [-0.15, -0.1) is 11.8 Å². The van der Waals surface area contributed by atoms with E-state index in [1.807, 2.05) is 30.3 Å². The van der Waals surface area contributed by atoms with Crippen LogP contribution in [-0.2, 0) is 14.8 Å². The van der Waals surface area contributed by atoms with Crippen LogP contribution in [-0.4, -0.2) is 44.0 Å². The lowest BCUT2D eigenvalue weighted by Gasteiger charge is -2.31. The van der Waals surface area contributed by atoms with Crippen molar-refractivity contribution in [1.82, 2.24) is 9.62 Å². The number of nitrogens with zero attached hydrogens (tertiary/aromatic N) is 1.